The van der Waals surface area contributed by atoms with Gasteiger partial charge in [0.1, 0.15) is 5.82 Å². The van der Waals surface area contributed by atoms with Crippen LogP contribution in [-0.4, -0.2) is 51.6 Å². The standard InChI is InChI=1S/C27H34N6O/c1-18-11-14-31(16-18)26-19(2)17-33-25(29-26)15-23(30-33)24-10-3-4-13-32(24)27(34)21-7-5-9-22-20(21)8-6-12-28-22/h5,7,9,15,17-18,24,28H,3-4,6,8,10-14,16H2,1-2H3. The summed E-state index contributed by atoms with van der Waals surface area (Å²) in [5, 5.41) is 8.38. The van der Waals surface area contributed by atoms with Crippen LogP contribution in [0.5, 0.6) is 0 Å². The lowest BCUT2D eigenvalue weighted by Gasteiger charge is -2.35. The predicted molar refractivity (Wildman–Crippen MR) is 135 cm³/mol. The highest BCUT2D eigenvalue weighted by Gasteiger charge is 2.32. The van der Waals surface area contributed by atoms with Gasteiger partial charge in [-0.25, -0.2) is 9.50 Å². The average molecular weight is 459 g/mol. The molecule has 3 aliphatic rings. The summed E-state index contributed by atoms with van der Waals surface area (Å²) in [6.07, 6.45) is 8.43. The zero-order valence-corrected chi connectivity index (χ0v) is 20.3. The Kier molecular flexibility index (Phi) is 5.42. The van der Waals surface area contributed by atoms with Gasteiger partial charge < -0.3 is 15.1 Å². The predicted octanol–water partition coefficient (Wildman–Crippen LogP) is 4.61. The number of rotatable bonds is 3. The lowest BCUT2D eigenvalue weighted by atomic mass is 9.94. The Morgan fingerprint density at radius 1 is 1.15 bits per heavy atom. The number of aryl methyl sites for hydroxylation is 1. The highest BCUT2D eigenvalue weighted by molar-refractivity contribution is 5.97. The Bertz CT molecular complexity index is 1230. The van der Waals surface area contributed by atoms with Gasteiger partial charge in [0, 0.05) is 55.3 Å². The fourth-order valence-electron chi connectivity index (χ4n) is 5.98. The van der Waals surface area contributed by atoms with E-state index in [4.69, 9.17) is 10.1 Å². The van der Waals surface area contributed by atoms with Crippen molar-refractivity contribution in [2.24, 2.45) is 5.92 Å². The summed E-state index contributed by atoms with van der Waals surface area (Å²) >= 11 is 0. The molecule has 5 heterocycles. The van der Waals surface area contributed by atoms with Gasteiger partial charge in [-0.1, -0.05) is 13.0 Å². The number of hydrogen-bond acceptors (Lipinski definition) is 5. The van der Waals surface area contributed by atoms with Crippen molar-refractivity contribution in [1.29, 1.82) is 0 Å². The smallest absolute Gasteiger partial charge is 0.254 e. The summed E-state index contributed by atoms with van der Waals surface area (Å²) in [6.45, 7) is 8.30. The lowest BCUT2D eigenvalue weighted by molar-refractivity contribution is 0.0604. The van der Waals surface area contributed by atoms with E-state index in [1.165, 1.54) is 12.0 Å². The first kappa shape index (κ1) is 21.4. The molecule has 0 spiro atoms. The first-order valence-electron chi connectivity index (χ1n) is 12.9. The highest BCUT2D eigenvalue weighted by Crippen LogP contribution is 2.35. The number of nitrogens with zero attached hydrogens (tertiary/aromatic N) is 5. The monoisotopic (exact) mass is 458 g/mol. The van der Waals surface area contributed by atoms with Crippen molar-refractivity contribution >= 4 is 23.1 Å². The summed E-state index contributed by atoms with van der Waals surface area (Å²) in [4.78, 5) is 23.3. The average Bonchev–Trinajstić information content (AvgIpc) is 3.48. The number of aromatic nitrogens is 3. The third-order valence-electron chi connectivity index (χ3n) is 7.78. The van der Waals surface area contributed by atoms with Crippen LogP contribution in [0.25, 0.3) is 5.65 Å². The maximum absolute atomic E-state index is 13.8. The van der Waals surface area contributed by atoms with E-state index in [9.17, 15) is 4.79 Å². The maximum Gasteiger partial charge on any atom is 0.254 e. The third kappa shape index (κ3) is 3.71. The molecule has 0 bridgehead atoms. The normalized spacial score (nSPS) is 22.6. The van der Waals surface area contributed by atoms with Crippen LogP contribution in [-0.2, 0) is 6.42 Å². The number of carbonyl (C=O) groups excluding carboxylic acids is 1. The third-order valence-corrected chi connectivity index (χ3v) is 7.78. The highest BCUT2D eigenvalue weighted by atomic mass is 16.2. The van der Waals surface area contributed by atoms with Crippen molar-refractivity contribution in [3.8, 4) is 0 Å². The fourth-order valence-corrected chi connectivity index (χ4v) is 5.98. The second kappa shape index (κ2) is 8.60. The van der Waals surface area contributed by atoms with Crippen LogP contribution >= 0.6 is 0 Å². The molecule has 2 fully saturated rings. The van der Waals surface area contributed by atoms with Gasteiger partial charge in [0.25, 0.3) is 5.91 Å². The molecule has 0 radical (unpaired) electrons. The molecule has 3 aliphatic heterocycles. The first-order valence-corrected chi connectivity index (χ1v) is 12.9. The van der Waals surface area contributed by atoms with Gasteiger partial charge in [-0.3, -0.25) is 4.79 Å². The molecule has 34 heavy (non-hydrogen) atoms. The minimum absolute atomic E-state index is 0.00841. The minimum atomic E-state index is -0.00841. The lowest BCUT2D eigenvalue weighted by Crippen LogP contribution is -2.39. The number of amides is 1. The zero-order valence-electron chi connectivity index (χ0n) is 20.3. The molecular formula is C27H34N6O. The van der Waals surface area contributed by atoms with E-state index in [0.29, 0.717) is 5.92 Å². The van der Waals surface area contributed by atoms with Crippen molar-refractivity contribution in [3.05, 3.63) is 52.8 Å². The number of anilines is 2. The second-order valence-corrected chi connectivity index (χ2v) is 10.3. The molecule has 2 aromatic heterocycles. The Morgan fingerprint density at radius 2 is 2.06 bits per heavy atom. The van der Waals surface area contributed by atoms with Crippen molar-refractivity contribution in [2.75, 3.05) is 36.4 Å². The van der Waals surface area contributed by atoms with Crippen LogP contribution in [0.2, 0.25) is 0 Å². The molecule has 7 heteroatoms. The van der Waals surface area contributed by atoms with Crippen molar-refractivity contribution in [2.45, 2.75) is 58.4 Å². The van der Waals surface area contributed by atoms with E-state index in [2.05, 4.69) is 47.3 Å². The summed E-state index contributed by atoms with van der Waals surface area (Å²) < 4.78 is 1.90. The molecule has 7 nitrogen and oxygen atoms in total. The van der Waals surface area contributed by atoms with Gasteiger partial charge in [-0.2, -0.15) is 5.10 Å². The fraction of sp³-hybridized carbons (Fsp3) is 0.519. The van der Waals surface area contributed by atoms with Crippen LogP contribution in [0.3, 0.4) is 0 Å². The minimum Gasteiger partial charge on any atom is -0.385 e. The zero-order chi connectivity index (χ0) is 23.2. The van der Waals surface area contributed by atoms with Gasteiger partial charge in [-0.15, -0.1) is 0 Å². The van der Waals surface area contributed by atoms with Crippen LogP contribution in [0.15, 0.2) is 30.5 Å². The summed E-state index contributed by atoms with van der Waals surface area (Å²) in [7, 11) is 0. The molecule has 2 saturated heterocycles. The molecular weight excluding hydrogens is 424 g/mol. The largest absolute Gasteiger partial charge is 0.385 e. The molecule has 3 aromatic rings. The van der Waals surface area contributed by atoms with Gasteiger partial charge in [0.15, 0.2) is 5.65 Å². The first-order chi connectivity index (χ1) is 16.6. The number of carbonyl (C=O) groups is 1. The molecule has 0 aliphatic carbocycles. The van der Waals surface area contributed by atoms with E-state index in [0.717, 1.165) is 92.3 Å². The second-order valence-electron chi connectivity index (χ2n) is 10.3. The number of nitrogens with one attached hydrogen (secondary N) is 1. The Balaban J connectivity index is 1.33. The molecule has 1 aromatic carbocycles. The topological polar surface area (TPSA) is 65.8 Å². The van der Waals surface area contributed by atoms with E-state index in [1.807, 2.05) is 16.6 Å². The van der Waals surface area contributed by atoms with Gasteiger partial charge in [0.05, 0.1) is 11.7 Å². The van der Waals surface area contributed by atoms with Crippen molar-refractivity contribution in [1.82, 2.24) is 19.5 Å². The van der Waals surface area contributed by atoms with Crippen LogP contribution < -0.4 is 10.2 Å². The van der Waals surface area contributed by atoms with E-state index >= 15 is 0 Å². The van der Waals surface area contributed by atoms with Crippen molar-refractivity contribution < 1.29 is 4.79 Å². The molecule has 178 valence electrons. The summed E-state index contributed by atoms with van der Waals surface area (Å²) in [5.41, 5.74) is 6.10. The van der Waals surface area contributed by atoms with Crippen LogP contribution in [0.4, 0.5) is 11.5 Å². The number of hydrogen-bond donors (Lipinski definition) is 1. The Labute approximate surface area is 201 Å². The summed E-state index contributed by atoms with van der Waals surface area (Å²) in [5.74, 6) is 1.92. The van der Waals surface area contributed by atoms with Crippen LogP contribution in [0.1, 0.15) is 72.2 Å². The molecule has 1 N–H and O–H groups in total. The van der Waals surface area contributed by atoms with Crippen molar-refractivity contribution in [3.63, 3.8) is 0 Å². The number of piperidine rings is 1. The van der Waals surface area contributed by atoms with E-state index < -0.39 is 0 Å². The molecule has 2 atom stereocenters. The van der Waals surface area contributed by atoms with Gasteiger partial charge in [-0.05, 0) is 69.1 Å². The van der Waals surface area contributed by atoms with Gasteiger partial charge in [0.2, 0.25) is 0 Å². The SMILES string of the molecule is Cc1cn2nc(C3CCCCN3C(=O)c3cccc4c3CCCN4)cc2nc1N1CCC(C)C1. The number of likely N-dealkylation sites (tertiary alicyclic amines) is 1. The molecule has 6 rings (SSSR count). The molecule has 2 unspecified atom stereocenters. The molecule has 0 saturated carbocycles. The van der Waals surface area contributed by atoms with Crippen LogP contribution in [0, 0.1) is 12.8 Å². The van der Waals surface area contributed by atoms with Gasteiger partial charge >= 0.3 is 0 Å². The number of fused-ring (bicyclic) bond motifs is 2. The van der Waals surface area contributed by atoms with E-state index in [1.54, 1.807) is 0 Å². The Morgan fingerprint density at radius 3 is 2.91 bits per heavy atom. The Hall–Kier alpha value is -3.09. The van der Waals surface area contributed by atoms with E-state index in [-0.39, 0.29) is 11.9 Å². The quantitative estimate of drug-likeness (QED) is 0.621. The maximum atomic E-state index is 13.8. The molecule has 1 amide bonds. The number of benzene rings is 1. The summed E-state index contributed by atoms with van der Waals surface area (Å²) in [6, 6.07) is 8.18.